The summed E-state index contributed by atoms with van der Waals surface area (Å²) in [5.74, 6) is -0.409. The Kier molecular flexibility index (Phi) is 5.82. The highest BCUT2D eigenvalue weighted by Crippen LogP contribution is 2.30. The Labute approximate surface area is 114 Å². The number of amides is 1. The molecule has 0 radical (unpaired) electrons. The van der Waals surface area contributed by atoms with Gasteiger partial charge in [0.1, 0.15) is 0 Å². The van der Waals surface area contributed by atoms with Crippen LogP contribution in [0.2, 0.25) is 0 Å². The highest BCUT2D eigenvalue weighted by atomic mass is 19.3. The van der Waals surface area contributed by atoms with Crippen LogP contribution in [0.3, 0.4) is 0 Å². The molecular weight excluding hydrogens is 272 g/mol. The van der Waals surface area contributed by atoms with Crippen molar-refractivity contribution in [3.63, 3.8) is 0 Å². The molecule has 0 spiro atoms. The van der Waals surface area contributed by atoms with E-state index in [-0.39, 0.29) is 17.8 Å². The highest BCUT2D eigenvalue weighted by molar-refractivity contribution is 5.73. The van der Waals surface area contributed by atoms with Crippen LogP contribution in [-0.2, 0) is 4.79 Å². The molecule has 1 aromatic rings. The SMILES string of the molecule is NC(=O)CCCCNc1ccc([N+](=O)[O-])cc1C(F)F. The number of primary amides is 1. The lowest BCUT2D eigenvalue weighted by Gasteiger charge is -2.11. The van der Waals surface area contributed by atoms with E-state index >= 15 is 0 Å². The third-order valence-electron chi connectivity index (χ3n) is 2.65. The van der Waals surface area contributed by atoms with Crippen molar-refractivity contribution in [2.75, 3.05) is 11.9 Å². The van der Waals surface area contributed by atoms with E-state index in [4.69, 9.17) is 5.73 Å². The number of halogens is 2. The summed E-state index contributed by atoms with van der Waals surface area (Å²) in [6.45, 7) is 0.380. The predicted octanol–water partition coefficient (Wildman–Crippen LogP) is 2.60. The van der Waals surface area contributed by atoms with Gasteiger partial charge in [-0.25, -0.2) is 8.78 Å². The topological polar surface area (TPSA) is 98.3 Å². The number of carbonyl (C=O) groups is 1. The molecule has 0 atom stereocenters. The third-order valence-corrected chi connectivity index (χ3v) is 2.65. The lowest BCUT2D eigenvalue weighted by atomic mass is 10.1. The summed E-state index contributed by atoms with van der Waals surface area (Å²) in [7, 11) is 0. The number of anilines is 1. The summed E-state index contributed by atoms with van der Waals surface area (Å²) in [5.41, 5.74) is 4.35. The van der Waals surface area contributed by atoms with Crippen LogP contribution in [0.4, 0.5) is 20.2 Å². The number of rotatable bonds is 8. The molecule has 8 heteroatoms. The molecule has 0 aliphatic carbocycles. The van der Waals surface area contributed by atoms with Gasteiger partial charge in [-0.1, -0.05) is 0 Å². The summed E-state index contributed by atoms with van der Waals surface area (Å²) >= 11 is 0. The fourth-order valence-electron chi connectivity index (χ4n) is 1.65. The summed E-state index contributed by atoms with van der Waals surface area (Å²) in [4.78, 5) is 20.3. The lowest BCUT2D eigenvalue weighted by molar-refractivity contribution is -0.385. The number of nitro benzene ring substituents is 1. The van der Waals surface area contributed by atoms with Gasteiger partial charge in [0, 0.05) is 36.3 Å². The molecule has 1 aromatic carbocycles. The molecule has 0 heterocycles. The zero-order valence-corrected chi connectivity index (χ0v) is 10.6. The molecule has 110 valence electrons. The maximum absolute atomic E-state index is 12.8. The molecule has 0 saturated heterocycles. The molecule has 0 unspecified atom stereocenters. The Morgan fingerprint density at radius 2 is 2.10 bits per heavy atom. The van der Waals surface area contributed by atoms with Gasteiger partial charge in [-0.3, -0.25) is 14.9 Å². The summed E-state index contributed by atoms with van der Waals surface area (Å²) in [6, 6.07) is 3.28. The number of benzene rings is 1. The standard InChI is InChI=1S/C12H15F2N3O3/c13-12(14)9-7-8(17(19)20)4-5-10(9)16-6-2-1-3-11(15)18/h4-5,7,12,16H,1-3,6H2,(H2,15,18). The normalized spacial score (nSPS) is 10.6. The zero-order valence-electron chi connectivity index (χ0n) is 10.6. The van der Waals surface area contributed by atoms with Crippen molar-refractivity contribution in [2.45, 2.75) is 25.7 Å². The van der Waals surface area contributed by atoms with Crippen LogP contribution in [0.15, 0.2) is 18.2 Å². The number of nitrogens with zero attached hydrogens (tertiary/aromatic N) is 1. The number of carbonyl (C=O) groups excluding carboxylic acids is 1. The lowest BCUT2D eigenvalue weighted by Crippen LogP contribution is -2.11. The van der Waals surface area contributed by atoms with Crippen molar-refractivity contribution in [1.82, 2.24) is 0 Å². The smallest absolute Gasteiger partial charge is 0.270 e. The van der Waals surface area contributed by atoms with Crippen molar-refractivity contribution in [3.05, 3.63) is 33.9 Å². The summed E-state index contributed by atoms with van der Waals surface area (Å²) < 4.78 is 25.7. The summed E-state index contributed by atoms with van der Waals surface area (Å²) in [5, 5.41) is 13.3. The quantitative estimate of drug-likeness (QED) is 0.436. The van der Waals surface area contributed by atoms with Gasteiger partial charge in [0.05, 0.1) is 4.92 Å². The Balaban J connectivity index is 2.65. The fraction of sp³-hybridized carbons (Fsp3) is 0.417. The number of nitrogens with one attached hydrogen (secondary N) is 1. The number of unbranched alkanes of at least 4 members (excludes halogenated alkanes) is 1. The Morgan fingerprint density at radius 1 is 1.40 bits per heavy atom. The molecule has 0 aliphatic heterocycles. The van der Waals surface area contributed by atoms with E-state index < -0.39 is 22.8 Å². The van der Waals surface area contributed by atoms with E-state index in [1.165, 1.54) is 6.07 Å². The number of nitro groups is 1. The van der Waals surface area contributed by atoms with Crippen molar-refractivity contribution in [3.8, 4) is 0 Å². The molecule has 0 fully saturated rings. The van der Waals surface area contributed by atoms with E-state index in [1.807, 2.05) is 0 Å². The molecule has 0 aliphatic rings. The van der Waals surface area contributed by atoms with Crippen molar-refractivity contribution < 1.29 is 18.5 Å². The van der Waals surface area contributed by atoms with Gasteiger partial charge in [0.25, 0.3) is 12.1 Å². The average molecular weight is 287 g/mol. The Morgan fingerprint density at radius 3 is 2.65 bits per heavy atom. The minimum absolute atomic E-state index is 0.157. The molecule has 6 nitrogen and oxygen atoms in total. The van der Waals surface area contributed by atoms with E-state index in [9.17, 15) is 23.7 Å². The first-order chi connectivity index (χ1) is 9.41. The van der Waals surface area contributed by atoms with Crippen LogP contribution in [0.5, 0.6) is 0 Å². The number of hydrogen-bond donors (Lipinski definition) is 2. The number of nitrogens with two attached hydrogens (primary N) is 1. The molecule has 0 bridgehead atoms. The van der Waals surface area contributed by atoms with Gasteiger partial charge in [0.2, 0.25) is 5.91 Å². The van der Waals surface area contributed by atoms with Crippen LogP contribution in [-0.4, -0.2) is 17.4 Å². The van der Waals surface area contributed by atoms with Crippen LogP contribution >= 0.6 is 0 Å². The minimum atomic E-state index is -2.80. The van der Waals surface area contributed by atoms with Gasteiger partial charge in [-0.2, -0.15) is 0 Å². The molecule has 0 aromatic heterocycles. The monoisotopic (exact) mass is 287 g/mol. The van der Waals surface area contributed by atoms with Crippen molar-refractivity contribution in [2.24, 2.45) is 5.73 Å². The first-order valence-electron chi connectivity index (χ1n) is 6.00. The van der Waals surface area contributed by atoms with Crippen LogP contribution in [0.25, 0.3) is 0 Å². The first-order valence-corrected chi connectivity index (χ1v) is 6.00. The molecule has 1 amide bonds. The minimum Gasteiger partial charge on any atom is -0.385 e. The molecule has 1 rings (SSSR count). The fourth-order valence-corrected chi connectivity index (χ4v) is 1.65. The first kappa shape index (κ1) is 15.8. The second kappa shape index (κ2) is 7.37. The van der Waals surface area contributed by atoms with E-state index in [0.29, 0.717) is 19.4 Å². The van der Waals surface area contributed by atoms with Crippen molar-refractivity contribution >= 4 is 17.3 Å². The maximum Gasteiger partial charge on any atom is 0.270 e. The molecule has 20 heavy (non-hydrogen) atoms. The van der Waals surface area contributed by atoms with E-state index in [2.05, 4.69) is 5.32 Å². The number of alkyl halides is 2. The Bertz CT molecular complexity index is 495. The molecule has 3 N–H and O–H groups in total. The van der Waals surface area contributed by atoms with Crippen LogP contribution in [0.1, 0.15) is 31.3 Å². The summed E-state index contributed by atoms with van der Waals surface area (Å²) in [6.07, 6.45) is -1.42. The average Bonchev–Trinajstić information content (AvgIpc) is 2.37. The van der Waals surface area contributed by atoms with Gasteiger partial charge < -0.3 is 11.1 Å². The van der Waals surface area contributed by atoms with Gasteiger partial charge in [0.15, 0.2) is 0 Å². The van der Waals surface area contributed by atoms with Crippen LogP contribution < -0.4 is 11.1 Å². The second-order valence-corrected chi connectivity index (χ2v) is 4.18. The van der Waals surface area contributed by atoms with Crippen LogP contribution in [0, 0.1) is 10.1 Å². The highest BCUT2D eigenvalue weighted by Gasteiger charge is 2.17. The van der Waals surface area contributed by atoms with E-state index in [0.717, 1.165) is 12.1 Å². The van der Waals surface area contributed by atoms with Gasteiger partial charge >= 0.3 is 0 Å². The second-order valence-electron chi connectivity index (χ2n) is 4.18. The van der Waals surface area contributed by atoms with Gasteiger partial charge in [-0.15, -0.1) is 0 Å². The van der Waals surface area contributed by atoms with Crippen molar-refractivity contribution in [1.29, 1.82) is 0 Å². The predicted molar refractivity (Wildman–Crippen MR) is 69.6 cm³/mol. The van der Waals surface area contributed by atoms with E-state index in [1.54, 1.807) is 0 Å². The zero-order chi connectivity index (χ0) is 15.1. The maximum atomic E-state index is 12.8. The third kappa shape index (κ3) is 4.79. The van der Waals surface area contributed by atoms with Gasteiger partial charge in [-0.05, 0) is 18.9 Å². The number of hydrogen-bond acceptors (Lipinski definition) is 4. The number of non-ortho nitro benzene ring substituents is 1. The molecular formula is C12H15F2N3O3. The largest absolute Gasteiger partial charge is 0.385 e. The Hall–Kier alpha value is -2.25. The molecule has 0 saturated carbocycles.